The zero-order valence-corrected chi connectivity index (χ0v) is 14.9. The topological polar surface area (TPSA) is 24.5 Å². The molecule has 0 spiro atoms. The summed E-state index contributed by atoms with van der Waals surface area (Å²) in [4.78, 5) is 2.36. The van der Waals surface area contributed by atoms with Crippen LogP contribution in [0.3, 0.4) is 0 Å². The zero-order valence-electron chi connectivity index (χ0n) is 13.4. The van der Waals surface area contributed by atoms with Gasteiger partial charge in [0.25, 0.3) is 0 Å². The molecule has 1 fully saturated rings. The van der Waals surface area contributed by atoms with Crippen LogP contribution in [0.25, 0.3) is 0 Å². The molecule has 3 nitrogen and oxygen atoms in total. The molecule has 1 N–H and O–H groups in total. The Hall–Kier alpha value is -0.580. The van der Waals surface area contributed by atoms with Crippen LogP contribution in [0.15, 0.2) is 22.7 Å². The lowest BCUT2D eigenvalue weighted by molar-refractivity contribution is 0.114. The number of hydrogen-bond donors (Lipinski definition) is 1. The molecular weight excluding hydrogens is 328 g/mol. The van der Waals surface area contributed by atoms with Crippen molar-refractivity contribution >= 4 is 15.9 Å². The van der Waals surface area contributed by atoms with Crippen LogP contribution >= 0.6 is 15.9 Å². The number of ether oxygens (including phenoxy) is 1. The average molecular weight is 355 g/mol. The monoisotopic (exact) mass is 354 g/mol. The molecular formula is C17H27BrN2O. The van der Waals surface area contributed by atoms with Gasteiger partial charge in [0.2, 0.25) is 0 Å². The summed E-state index contributed by atoms with van der Waals surface area (Å²) in [5.74, 6) is 0.975. The van der Waals surface area contributed by atoms with E-state index in [0.29, 0.717) is 12.1 Å². The standard InChI is InChI=1S/C17H27BrN2O/c1-4-9-19-13(2)16-6-5-15(12-17(16)18)21-14-7-10-20(3)11-8-14/h5-6,12-14,19H,4,7-11H2,1-3H3. The molecule has 1 atom stereocenters. The van der Waals surface area contributed by atoms with E-state index in [1.54, 1.807) is 0 Å². The third-order valence-electron chi connectivity index (χ3n) is 4.11. The lowest BCUT2D eigenvalue weighted by Crippen LogP contribution is -2.35. The molecule has 1 heterocycles. The van der Waals surface area contributed by atoms with E-state index in [0.717, 1.165) is 49.1 Å². The van der Waals surface area contributed by atoms with Crippen molar-refractivity contribution in [1.82, 2.24) is 10.2 Å². The molecule has 0 aliphatic carbocycles. The van der Waals surface area contributed by atoms with Crippen LogP contribution in [-0.4, -0.2) is 37.7 Å². The Morgan fingerprint density at radius 3 is 2.71 bits per heavy atom. The van der Waals surface area contributed by atoms with E-state index < -0.39 is 0 Å². The van der Waals surface area contributed by atoms with Crippen LogP contribution in [-0.2, 0) is 0 Å². The fourth-order valence-corrected chi connectivity index (χ4v) is 3.40. The molecule has 0 radical (unpaired) electrons. The maximum atomic E-state index is 6.12. The Morgan fingerprint density at radius 1 is 1.38 bits per heavy atom. The number of nitrogens with one attached hydrogen (secondary N) is 1. The molecule has 1 aliphatic heterocycles. The SMILES string of the molecule is CCCNC(C)c1ccc(OC2CCN(C)CC2)cc1Br. The molecule has 1 aromatic carbocycles. The summed E-state index contributed by atoms with van der Waals surface area (Å²) in [7, 11) is 2.17. The Morgan fingerprint density at radius 2 is 2.10 bits per heavy atom. The number of rotatable bonds is 6. The van der Waals surface area contributed by atoms with Crippen LogP contribution in [0.5, 0.6) is 5.75 Å². The van der Waals surface area contributed by atoms with Gasteiger partial charge in [0, 0.05) is 23.6 Å². The van der Waals surface area contributed by atoms with E-state index in [1.807, 2.05) is 0 Å². The lowest BCUT2D eigenvalue weighted by atomic mass is 10.1. The first-order chi connectivity index (χ1) is 10.1. The van der Waals surface area contributed by atoms with Crippen molar-refractivity contribution in [3.05, 3.63) is 28.2 Å². The fourth-order valence-electron chi connectivity index (χ4n) is 2.70. The van der Waals surface area contributed by atoms with Crippen molar-refractivity contribution in [1.29, 1.82) is 0 Å². The maximum Gasteiger partial charge on any atom is 0.120 e. The molecule has 0 amide bonds. The summed E-state index contributed by atoms with van der Waals surface area (Å²) < 4.78 is 7.25. The molecule has 1 aromatic rings. The summed E-state index contributed by atoms with van der Waals surface area (Å²) >= 11 is 3.69. The van der Waals surface area contributed by atoms with E-state index >= 15 is 0 Å². The predicted octanol–water partition coefficient (Wildman–Crippen LogP) is 3.98. The van der Waals surface area contributed by atoms with E-state index in [1.165, 1.54) is 5.56 Å². The number of halogens is 1. The highest BCUT2D eigenvalue weighted by Crippen LogP contribution is 2.29. The van der Waals surface area contributed by atoms with Gasteiger partial charge in [0.15, 0.2) is 0 Å². The van der Waals surface area contributed by atoms with E-state index in [9.17, 15) is 0 Å². The van der Waals surface area contributed by atoms with Gasteiger partial charge in [-0.15, -0.1) is 0 Å². The van der Waals surface area contributed by atoms with Crippen molar-refractivity contribution < 1.29 is 4.74 Å². The first kappa shape index (κ1) is 16.8. The van der Waals surface area contributed by atoms with Crippen molar-refractivity contribution in [3.63, 3.8) is 0 Å². The summed E-state index contributed by atoms with van der Waals surface area (Å²) in [6.45, 7) is 7.69. The lowest BCUT2D eigenvalue weighted by Gasteiger charge is -2.29. The first-order valence-electron chi connectivity index (χ1n) is 7.98. The Labute approximate surface area is 137 Å². The predicted molar refractivity (Wildman–Crippen MR) is 92.0 cm³/mol. The highest BCUT2D eigenvalue weighted by molar-refractivity contribution is 9.10. The van der Waals surface area contributed by atoms with E-state index in [-0.39, 0.29) is 0 Å². The maximum absolute atomic E-state index is 6.12. The second-order valence-corrected chi connectivity index (χ2v) is 6.83. The third-order valence-corrected chi connectivity index (χ3v) is 4.79. The molecule has 4 heteroatoms. The summed E-state index contributed by atoms with van der Waals surface area (Å²) in [5, 5.41) is 3.52. The van der Waals surface area contributed by atoms with Gasteiger partial charge in [-0.25, -0.2) is 0 Å². The molecule has 1 saturated heterocycles. The van der Waals surface area contributed by atoms with Gasteiger partial charge >= 0.3 is 0 Å². The van der Waals surface area contributed by atoms with Crippen LogP contribution < -0.4 is 10.1 Å². The van der Waals surface area contributed by atoms with Gasteiger partial charge < -0.3 is 15.0 Å². The van der Waals surface area contributed by atoms with Crippen LogP contribution in [0.4, 0.5) is 0 Å². The van der Waals surface area contributed by atoms with Gasteiger partial charge in [-0.2, -0.15) is 0 Å². The molecule has 0 saturated carbocycles. The third kappa shape index (κ3) is 4.97. The smallest absolute Gasteiger partial charge is 0.120 e. The normalized spacial score (nSPS) is 18.7. The quantitative estimate of drug-likeness (QED) is 0.835. The molecule has 21 heavy (non-hydrogen) atoms. The summed E-state index contributed by atoms with van der Waals surface area (Å²) in [5.41, 5.74) is 1.29. The van der Waals surface area contributed by atoms with E-state index in [2.05, 4.69) is 65.2 Å². The van der Waals surface area contributed by atoms with Gasteiger partial charge in [-0.3, -0.25) is 0 Å². The number of benzene rings is 1. The second-order valence-electron chi connectivity index (χ2n) is 5.98. The average Bonchev–Trinajstić information content (AvgIpc) is 2.47. The number of hydrogen-bond acceptors (Lipinski definition) is 3. The van der Waals surface area contributed by atoms with Gasteiger partial charge in [-0.1, -0.05) is 28.9 Å². The molecule has 118 valence electrons. The molecule has 0 aromatic heterocycles. The largest absolute Gasteiger partial charge is 0.490 e. The fraction of sp³-hybridized carbons (Fsp3) is 0.647. The van der Waals surface area contributed by atoms with Gasteiger partial charge in [0.1, 0.15) is 11.9 Å². The Bertz CT molecular complexity index is 444. The second kappa shape index (κ2) is 8.16. The number of likely N-dealkylation sites (tertiary alicyclic amines) is 1. The van der Waals surface area contributed by atoms with Crippen molar-refractivity contribution in [3.8, 4) is 5.75 Å². The first-order valence-corrected chi connectivity index (χ1v) is 8.77. The van der Waals surface area contributed by atoms with Crippen LogP contribution in [0.1, 0.15) is 44.7 Å². The minimum atomic E-state index is 0.356. The zero-order chi connectivity index (χ0) is 15.2. The Balaban J connectivity index is 1.95. The number of nitrogens with zero attached hydrogens (tertiary/aromatic N) is 1. The number of piperidine rings is 1. The van der Waals surface area contributed by atoms with Crippen molar-refractivity contribution in [2.45, 2.75) is 45.3 Å². The minimum absolute atomic E-state index is 0.356. The molecule has 1 aliphatic rings. The summed E-state index contributed by atoms with van der Waals surface area (Å²) in [6, 6.07) is 6.74. The molecule has 2 rings (SSSR count). The Kier molecular flexibility index (Phi) is 6.52. The molecule has 1 unspecified atom stereocenters. The highest BCUT2D eigenvalue weighted by Gasteiger charge is 2.18. The van der Waals surface area contributed by atoms with E-state index in [4.69, 9.17) is 4.74 Å². The van der Waals surface area contributed by atoms with Crippen molar-refractivity contribution in [2.75, 3.05) is 26.7 Å². The van der Waals surface area contributed by atoms with Crippen molar-refractivity contribution in [2.24, 2.45) is 0 Å². The van der Waals surface area contributed by atoms with Crippen LogP contribution in [0, 0.1) is 0 Å². The van der Waals surface area contributed by atoms with Gasteiger partial charge in [-0.05, 0) is 57.5 Å². The highest BCUT2D eigenvalue weighted by atomic mass is 79.9. The van der Waals surface area contributed by atoms with Gasteiger partial charge in [0.05, 0.1) is 0 Å². The minimum Gasteiger partial charge on any atom is -0.490 e. The molecule has 0 bridgehead atoms. The summed E-state index contributed by atoms with van der Waals surface area (Å²) in [6.07, 6.45) is 3.74. The van der Waals surface area contributed by atoms with Crippen LogP contribution in [0.2, 0.25) is 0 Å².